The number of amides is 1. The molecule has 3 aromatic carbocycles. The number of fused-ring (bicyclic) bond motifs is 1. The first-order valence-corrected chi connectivity index (χ1v) is 8.30. The van der Waals surface area contributed by atoms with Crippen molar-refractivity contribution in [3.8, 4) is 5.75 Å². The molecule has 4 aromatic rings. The lowest BCUT2D eigenvalue weighted by Gasteiger charge is -2.10. The highest BCUT2D eigenvalue weighted by molar-refractivity contribution is 6.01. The smallest absolute Gasteiger partial charge is 0.270 e. The third kappa shape index (κ3) is 3.42. The third-order valence-electron chi connectivity index (χ3n) is 4.02. The third-order valence-corrected chi connectivity index (χ3v) is 4.02. The molecule has 128 valence electrons. The van der Waals surface area contributed by atoms with E-state index in [-0.39, 0.29) is 5.91 Å². The normalized spacial score (nSPS) is 10.6. The zero-order chi connectivity index (χ0) is 17.8. The summed E-state index contributed by atoms with van der Waals surface area (Å²) in [5.74, 6) is 0.426. The number of para-hydroxylation sites is 2. The van der Waals surface area contributed by atoms with Crippen molar-refractivity contribution < 1.29 is 9.53 Å². The number of nitrogens with one attached hydrogen (secondary N) is 1. The van der Waals surface area contributed by atoms with Crippen molar-refractivity contribution in [1.82, 2.24) is 9.66 Å². The van der Waals surface area contributed by atoms with Crippen molar-refractivity contribution in [3.05, 3.63) is 96.3 Å². The van der Waals surface area contributed by atoms with E-state index in [2.05, 4.69) is 10.4 Å². The predicted molar refractivity (Wildman–Crippen MR) is 101 cm³/mol. The Morgan fingerprint density at radius 3 is 2.65 bits per heavy atom. The number of benzene rings is 3. The van der Waals surface area contributed by atoms with Crippen LogP contribution in [-0.2, 0) is 6.61 Å². The summed E-state index contributed by atoms with van der Waals surface area (Å²) in [5.41, 5.74) is 6.11. The Hall–Kier alpha value is -3.60. The zero-order valence-electron chi connectivity index (χ0n) is 14.0. The molecule has 0 aliphatic rings. The predicted octanol–water partition coefficient (Wildman–Crippen LogP) is 4.00. The van der Waals surface area contributed by atoms with Crippen LogP contribution >= 0.6 is 0 Å². The second-order valence-electron chi connectivity index (χ2n) is 5.85. The molecular formula is C21H17N3O2. The molecular weight excluding hydrogens is 326 g/mol. The van der Waals surface area contributed by atoms with Crippen molar-refractivity contribution in [2.75, 3.05) is 5.43 Å². The van der Waals surface area contributed by atoms with Crippen LogP contribution in [0.15, 0.2) is 85.2 Å². The molecule has 26 heavy (non-hydrogen) atoms. The van der Waals surface area contributed by atoms with E-state index in [1.54, 1.807) is 29.2 Å². The quantitative estimate of drug-likeness (QED) is 0.596. The van der Waals surface area contributed by atoms with Crippen molar-refractivity contribution in [2.24, 2.45) is 0 Å². The topological polar surface area (TPSA) is 56.2 Å². The van der Waals surface area contributed by atoms with Crippen LogP contribution in [0.2, 0.25) is 0 Å². The fourth-order valence-corrected chi connectivity index (χ4v) is 2.69. The number of carbonyl (C=O) groups is 1. The molecule has 1 amide bonds. The summed E-state index contributed by atoms with van der Waals surface area (Å²) in [6.07, 6.45) is 1.60. The van der Waals surface area contributed by atoms with Crippen molar-refractivity contribution >= 4 is 16.9 Å². The Labute approximate surface area is 150 Å². The largest absolute Gasteiger partial charge is 0.489 e. The highest BCUT2D eigenvalue weighted by atomic mass is 16.5. The monoisotopic (exact) mass is 343 g/mol. The second-order valence-corrected chi connectivity index (χ2v) is 5.85. The van der Waals surface area contributed by atoms with Gasteiger partial charge in [-0.25, -0.2) is 9.66 Å². The maximum absolute atomic E-state index is 12.6. The van der Waals surface area contributed by atoms with Crippen LogP contribution in [0.25, 0.3) is 11.0 Å². The summed E-state index contributed by atoms with van der Waals surface area (Å²) in [6, 6.07) is 24.7. The van der Waals surface area contributed by atoms with Gasteiger partial charge < -0.3 is 4.74 Å². The number of nitrogens with zero attached hydrogens (tertiary/aromatic N) is 2. The van der Waals surface area contributed by atoms with Gasteiger partial charge in [-0.2, -0.15) is 0 Å². The second kappa shape index (κ2) is 7.11. The maximum atomic E-state index is 12.6. The molecule has 1 N–H and O–H groups in total. The molecule has 5 heteroatoms. The molecule has 0 bridgehead atoms. The highest BCUT2D eigenvalue weighted by Gasteiger charge is 2.09. The number of rotatable bonds is 5. The average molecular weight is 343 g/mol. The van der Waals surface area contributed by atoms with Gasteiger partial charge in [-0.15, -0.1) is 0 Å². The number of hydrogen-bond acceptors (Lipinski definition) is 3. The number of ether oxygens (including phenoxy) is 1. The van der Waals surface area contributed by atoms with E-state index < -0.39 is 0 Å². The first kappa shape index (κ1) is 15.9. The van der Waals surface area contributed by atoms with Gasteiger partial charge in [0.25, 0.3) is 5.91 Å². The Kier molecular flexibility index (Phi) is 4.35. The van der Waals surface area contributed by atoms with E-state index in [1.165, 1.54) is 0 Å². The van der Waals surface area contributed by atoms with Gasteiger partial charge in [0.05, 0.1) is 11.0 Å². The van der Waals surface area contributed by atoms with Crippen LogP contribution in [0.4, 0.5) is 0 Å². The summed E-state index contributed by atoms with van der Waals surface area (Å²) in [4.78, 5) is 16.8. The molecule has 0 spiro atoms. The summed E-state index contributed by atoms with van der Waals surface area (Å²) in [7, 11) is 0. The zero-order valence-corrected chi connectivity index (χ0v) is 14.0. The minimum Gasteiger partial charge on any atom is -0.489 e. The highest BCUT2D eigenvalue weighted by Crippen LogP contribution is 2.16. The van der Waals surface area contributed by atoms with E-state index in [4.69, 9.17) is 4.74 Å². The Balaban J connectivity index is 1.48. The van der Waals surface area contributed by atoms with E-state index in [0.717, 1.165) is 16.6 Å². The van der Waals surface area contributed by atoms with Crippen LogP contribution in [0.5, 0.6) is 5.75 Å². The molecule has 0 unspecified atom stereocenters. The number of aromatic nitrogens is 2. The van der Waals surface area contributed by atoms with Crippen LogP contribution in [0.1, 0.15) is 15.9 Å². The number of carbonyl (C=O) groups excluding carboxylic acids is 1. The fourth-order valence-electron chi connectivity index (χ4n) is 2.69. The molecule has 0 saturated carbocycles. The van der Waals surface area contributed by atoms with Crippen molar-refractivity contribution in [3.63, 3.8) is 0 Å². The lowest BCUT2D eigenvalue weighted by Crippen LogP contribution is -2.22. The molecule has 0 aliphatic heterocycles. The molecule has 1 aromatic heterocycles. The first-order chi connectivity index (χ1) is 12.8. The van der Waals surface area contributed by atoms with Gasteiger partial charge in [0.2, 0.25) is 0 Å². The molecule has 0 radical (unpaired) electrons. The van der Waals surface area contributed by atoms with E-state index in [1.807, 2.05) is 60.7 Å². The lowest BCUT2D eigenvalue weighted by molar-refractivity contribution is 0.101. The average Bonchev–Trinajstić information content (AvgIpc) is 3.10. The van der Waals surface area contributed by atoms with E-state index in [0.29, 0.717) is 17.9 Å². The van der Waals surface area contributed by atoms with Gasteiger partial charge in [0.15, 0.2) is 0 Å². The minimum atomic E-state index is -0.224. The van der Waals surface area contributed by atoms with Crippen LogP contribution in [0, 0.1) is 0 Å². The van der Waals surface area contributed by atoms with Gasteiger partial charge in [0.1, 0.15) is 18.7 Å². The Morgan fingerprint density at radius 1 is 0.962 bits per heavy atom. The molecule has 4 rings (SSSR count). The minimum absolute atomic E-state index is 0.224. The van der Waals surface area contributed by atoms with Crippen LogP contribution in [-0.4, -0.2) is 15.6 Å². The van der Waals surface area contributed by atoms with Crippen molar-refractivity contribution in [2.45, 2.75) is 6.61 Å². The van der Waals surface area contributed by atoms with Gasteiger partial charge >= 0.3 is 0 Å². The molecule has 5 nitrogen and oxygen atoms in total. The van der Waals surface area contributed by atoms with Crippen molar-refractivity contribution in [1.29, 1.82) is 0 Å². The fraction of sp³-hybridized carbons (Fsp3) is 0.0476. The molecule has 1 heterocycles. The van der Waals surface area contributed by atoms with Crippen LogP contribution < -0.4 is 10.2 Å². The van der Waals surface area contributed by atoms with Gasteiger partial charge in [-0.1, -0.05) is 48.5 Å². The van der Waals surface area contributed by atoms with E-state index >= 15 is 0 Å². The lowest BCUT2D eigenvalue weighted by atomic mass is 10.2. The summed E-state index contributed by atoms with van der Waals surface area (Å²) in [6.45, 7) is 0.456. The van der Waals surface area contributed by atoms with Gasteiger partial charge in [0, 0.05) is 5.56 Å². The summed E-state index contributed by atoms with van der Waals surface area (Å²) in [5, 5.41) is 0. The molecule has 0 saturated heterocycles. The number of hydrogen-bond donors (Lipinski definition) is 1. The SMILES string of the molecule is O=C(Nn1cnc2ccccc21)c1cccc(OCc2ccccc2)c1. The first-order valence-electron chi connectivity index (χ1n) is 8.30. The molecule has 0 aliphatic carbocycles. The number of imidazole rings is 1. The Morgan fingerprint density at radius 2 is 1.77 bits per heavy atom. The summed E-state index contributed by atoms with van der Waals surface area (Å²) < 4.78 is 7.41. The maximum Gasteiger partial charge on any atom is 0.270 e. The summed E-state index contributed by atoms with van der Waals surface area (Å²) >= 11 is 0. The standard InChI is InChI=1S/C21H17N3O2/c25-21(23-24-15-22-19-11-4-5-12-20(19)24)17-9-6-10-18(13-17)26-14-16-7-2-1-3-8-16/h1-13,15H,14H2,(H,23,25). The van der Waals surface area contributed by atoms with Crippen LogP contribution in [0.3, 0.4) is 0 Å². The Bertz CT molecular complexity index is 1040. The molecule has 0 fully saturated rings. The van der Waals surface area contributed by atoms with E-state index in [9.17, 15) is 4.79 Å². The van der Waals surface area contributed by atoms with Gasteiger partial charge in [-0.05, 0) is 35.9 Å². The molecule has 0 atom stereocenters. The van der Waals surface area contributed by atoms with Gasteiger partial charge in [-0.3, -0.25) is 10.2 Å².